The Morgan fingerprint density at radius 3 is 2.15 bits per heavy atom. The number of nitrogen functional groups attached to an aromatic ring is 1. The predicted molar refractivity (Wildman–Crippen MR) is 83.0 cm³/mol. The second-order valence-electron chi connectivity index (χ2n) is 5.71. The van der Waals surface area contributed by atoms with Crippen LogP contribution in [-0.4, -0.2) is 28.0 Å². The summed E-state index contributed by atoms with van der Waals surface area (Å²) in [4.78, 5) is 13.3. The first-order valence-electron chi connectivity index (χ1n) is 6.24. The number of anilines is 1. The normalized spacial score (nSPS) is 13.2. The highest BCUT2D eigenvalue weighted by molar-refractivity contribution is 6.38. The van der Waals surface area contributed by atoms with Crippen LogP contribution >= 0.6 is 23.2 Å². The zero-order chi connectivity index (χ0) is 15.7. The third-order valence-corrected chi connectivity index (χ3v) is 3.66. The molecule has 0 aliphatic rings. The Morgan fingerprint density at radius 2 is 1.80 bits per heavy atom. The molecular weight excluding hydrogens is 299 g/mol. The number of carbonyl (C=O) groups is 1. The second kappa shape index (κ2) is 6.20. The fourth-order valence-electron chi connectivity index (χ4n) is 1.95. The molecule has 0 saturated carbocycles. The molecule has 4 nitrogen and oxygen atoms in total. The van der Waals surface area contributed by atoms with Gasteiger partial charge in [-0.25, -0.2) is 0 Å². The van der Waals surface area contributed by atoms with Crippen molar-refractivity contribution in [2.75, 3.05) is 12.3 Å². The van der Waals surface area contributed by atoms with Crippen molar-refractivity contribution < 1.29 is 9.90 Å². The smallest absolute Gasteiger partial charge is 0.219 e. The van der Waals surface area contributed by atoms with Crippen LogP contribution in [0.4, 0.5) is 5.69 Å². The first-order chi connectivity index (χ1) is 9.04. The van der Waals surface area contributed by atoms with Crippen molar-refractivity contribution in [1.29, 1.82) is 0 Å². The van der Waals surface area contributed by atoms with E-state index in [1.54, 1.807) is 17.0 Å². The van der Waals surface area contributed by atoms with Crippen LogP contribution in [0.1, 0.15) is 39.4 Å². The lowest BCUT2D eigenvalue weighted by molar-refractivity contribution is -0.135. The number of rotatable bonds is 3. The van der Waals surface area contributed by atoms with Crippen molar-refractivity contribution in [2.24, 2.45) is 0 Å². The molecule has 0 saturated heterocycles. The van der Waals surface area contributed by atoms with Crippen LogP contribution in [0, 0.1) is 0 Å². The summed E-state index contributed by atoms with van der Waals surface area (Å²) >= 11 is 11.9. The number of hydrogen-bond acceptors (Lipinski definition) is 3. The van der Waals surface area contributed by atoms with Gasteiger partial charge in [0.15, 0.2) is 0 Å². The minimum absolute atomic E-state index is 0.107. The first-order valence-corrected chi connectivity index (χ1v) is 7.00. The van der Waals surface area contributed by atoms with Crippen LogP contribution in [0.15, 0.2) is 12.1 Å². The van der Waals surface area contributed by atoms with Crippen molar-refractivity contribution in [3.8, 4) is 0 Å². The molecule has 1 aromatic rings. The summed E-state index contributed by atoms with van der Waals surface area (Å²) in [6.07, 6.45) is -0.881. The maximum absolute atomic E-state index is 11.7. The summed E-state index contributed by atoms with van der Waals surface area (Å²) in [7, 11) is 0. The summed E-state index contributed by atoms with van der Waals surface area (Å²) in [6, 6.07) is 3.13. The molecule has 0 radical (unpaired) electrons. The summed E-state index contributed by atoms with van der Waals surface area (Å²) in [6.45, 7) is 7.36. The first kappa shape index (κ1) is 17.1. The third-order valence-electron chi connectivity index (χ3n) is 3.03. The fourth-order valence-corrected chi connectivity index (χ4v) is 2.45. The van der Waals surface area contributed by atoms with E-state index in [9.17, 15) is 9.90 Å². The van der Waals surface area contributed by atoms with Crippen LogP contribution in [0.25, 0.3) is 0 Å². The van der Waals surface area contributed by atoms with E-state index in [1.165, 1.54) is 6.92 Å². The highest BCUT2D eigenvalue weighted by atomic mass is 35.5. The molecule has 0 fully saturated rings. The van der Waals surface area contributed by atoms with Gasteiger partial charge in [0.05, 0.1) is 28.4 Å². The molecule has 3 N–H and O–H groups in total. The number of halogens is 2. The lowest BCUT2D eigenvalue weighted by Crippen LogP contribution is -2.46. The number of benzene rings is 1. The van der Waals surface area contributed by atoms with E-state index in [0.29, 0.717) is 5.56 Å². The lowest BCUT2D eigenvalue weighted by atomic mass is 10.0. The summed E-state index contributed by atoms with van der Waals surface area (Å²) < 4.78 is 0. The zero-order valence-corrected chi connectivity index (χ0v) is 13.6. The molecule has 0 spiro atoms. The van der Waals surface area contributed by atoms with Gasteiger partial charge in [0.2, 0.25) is 5.91 Å². The Hall–Kier alpha value is -0.970. The van der Waals surface area contributed by atoms with Crippen LogP contribution in [0.5, 0.6) is 0 Å². The molecule has 0 aromatic heterocycles. The van der Waals surface area contributed by atoms with Gasteiger partial charge in [0.25, 0.3) is 0 Å². The molecule has 0 bridgehead atoms. The van der Waals surface area contributed by atoms with E-state index in [4.69, 9.17) is 28.9 Å². The van der Waals surface area contributed by atoms with Gasteiger partial charge >= 0.3 is 0 Å². The average Bonchev–Trinajstić information content (AvgIpc) is 2.30. The number of amides is 1. The Bertz CT molecular complexity index is 489. The molecule has 1 amide bonds. The van der Waals surface area contributed by atoms with E-state index in [2.05, 4.69) is 0 Å². The van der Waals surface area contributed by atoms with E-state index >= 15 is 0 Å². The standard InChI is InChI=1S/C14H20Cl2N2O2/c1-8(19)18(14(2,3)4)7-12(20)9-5-10(15)13(17)11(16)6-9/h5-6,12,20H,7,17H2,1-4H3. The summed E-state index contributed by atoms with van der Waals surface area (Å²) in [5.41, 5.74) is 6.09. The molecule has 1 rings (SSSR count). The maximum atomic E-state index is 11.7. The van der Waals surface area contributed by atoms with Gasteiger partial charge in [0.1, 0.15) is 0 Å². The van der Waals surface area contributed by atoms with Gasteiger partial charge in [0, 0.05) is 12.5 Å². The quantitative estimate of drug-likeness (QED) is 0.841. The monoisotopic (exact) mass is 318 g/mol. The minimum atomic E-state index is -0.881. The van der Waals surface area contributed by atoms with E-state index < -0.39 is 6.10 Å². The molecule has 6 heteroatoms. The van der Waals surface area contributed by atoms with Gasteiger partial charge in [-0.05, 0) is 38.5 Å². The highest BCUT2D eigenvalue weighted by Crippen LogP contribution is 2.32. The van der Waals surface area contributed by atoms with Gasteiger partial charge in [-0.2, -0.15) is 0 Å². The Kier molecular flexibility index (Phi) is 5.30. The van der Waals surface area contributed by atoms with Crippen LogP contribution in [0.2, 0.25) is 10.0 Å². The summed E-state index contributed by atoms with van der Waals surface area (Å²) in [5.74, 6) is -0.107. The number of nitrogens with zero attached hydrogens (tertiary/aromatic N) is 1. The molecule has 20 heavy (non-hydrogen) atoms. The van der Waals surface area contributed by atoms with Crippen LogP contribution < -0.4 is 5.73 Å². The Morgan fingerprint density at radius 1 is 1.35 bits per heavy atom. The zero-order valence-electron chi connectivity index (χ0n) is 12.1. The number of β-amino-alcohol motifs (C(OH)–C–C–N with tert-alkyl or cyclic N) is 1. The maximum Gasteiger partial charge on any atom is 0.219 e. The van der Waals surface area contributed by atoms with E-state index in [-0.39, 0.29) is 33.7 Å². The SMILES string of the molecule is CC(=O)N(CC(O)c1cc(Cl)c(N)c(Cl)c1)C(C)(C)C. The topological polar surface area (TPSA) is 66.6 Å². The predicted octanol–water partition coefficient (Wildman–Crippen LogP) is 3.26. The van der Waals surface area contributed by atoms with Crippen molar-refractivity contribution in [2.45, 2.75) is 39.3 Å². The van der Waals surface area contributed by atoms with Crippen LogP contribution in [-0.2, 0) is 4.79 Å². The number of nitrogens with two attached hydrogens (primary N) is 1. The van der Waals surface area contributed by atoms with Gasteiger partial charge in [-0.15, -0.1) is 0 Å². The molecular formula is C14H20Cl2N2O2. The lowest BCUT2D eigenvalue weighted by Gasteiger charge is -2.36. The molecule has 1 aromatic carbocycles. The number of aliphatic hydroxyl groups excluding tert-OH is 1. The van der Waals surface area contributed by atoms with Gasteiger partial charge in [-0.1, -0.05) is 23.2 Å². The van der Waals surface area contributed by atoms with Crippen molar-refractivity contribution in [3.05, 3.63) is 27.7 Å². The van der Waals surface area contributed by atoms with Gasteiger partial charge in [-0.3, -0.25) is 4.79 Å². The van der Waals surface area contributed by atoms with Crippen molar-refractivity contribution in [1.82, 2.24) is 4.90 Å². The van der Waals surface area contributed by atoms with Crippen LogP contribution in [0.3, 0.4) is 0 Å². The highest BCUT2D eigenvalue weighted by Gasteiger charge is 2.26. The molecule has 1 atom stereocenters. The minimum Gasteiger partial charge on any atom is -0.396 e. The van der Waals surface area contributed by atoms with E-state index in [0.717, 1.165) is 0 Å². The Labute approximate surface area is 129 Å². The number of hydrogen-bond donors (Lipinski definition) is 2. The summed E-state index contributed by atoms with van der Waals surface area (Å²) in [5, 5.41) is 10.9. The van der Waals surface area contributed by atoms with E-state index in [1.807, 2.05) is 20.8 Å². The largest absolute Gasteiger partial charge is 0.396 e. The molecule has 112 valence electrons. The second-order valence-corrected chi connectivity index (χ2v) is 6.53. The molecule has 0 aliphatic heterocycles. The fraction of sp³-hybridized carbons (Fsp3) is 0.500. The number of aliphatic hydroxyl groups is 1. The molecule has 0 heterocycles. The Balaban J connectivity index is 3.01. The number of carbonyl (C=O) groups excluding carboxylic acids is 1. The van der Waals surface area contributed by atoms with Crippen molar-refractivity contribution >= 4 is 34.8 Å². The molecule has 1 unspecified atom stereocenters. The average molecular weight is 319 g/mol. The molecule has 0 aliphatic carbocycles. The van der Waals surface area contributed by atoms with Crippen molar-refractivity contribution in [3.63, 3.8) is 0 Å². The van der Waals surface area contributed by atoms with Gasteiger partial charge < -0.3 is 15.7 Å². The third kappa shape index (κ3) is 4.01.